The third kappa shape index (κ3) is 4.60. The van der Waals surface area contributed by atoms with Crippen LogP contribution in [-0.2, 0) is 4.79 Å². The minimum atomic E-state index is -0.857. The summed E-state index contributed by atoms with van der Waals surface area (Å²) in [6, 6.07) is 9.21. The first-order valence-corrected chi connectivity index (χ1v) is 15.2. The van der Waals surface area contributed by atoms with Crippen LogP contribution in [0, 0.1) is 23.0 Å². The van der Waals surface area contributed by atoms with Crippen LogP contribution in [0.5, 0.6) is 0 Å². The third-order valence-corrected chi connectivity index (χ3v) is 9.35. The zero-order valence-corrected chi connectivity index (χ0v) is 24.6. The first kappa shape index (κ1) is 28.0. The fourth-order valence-electron chi connectivity index (χ4n) is 6.97. The molecule has 0 radical (unpaired) electrons. The summed E-state index contributed by atoms with van der Waals surface area (Å²) >= 11 is 0. The van der Waals surface area contributed by atoms with Gasteiger partial charge in [0.1, 0.15) is 45.9 Å². The van der Waals surface area contributed by atoms with Crippen LogP contribution in [0.1, 0.15) is 54.1 Å². The smallest absolute Gasteiger partial charge is 0.260 e. The van der Waals surface area contributed by atoms with Crippen LogP contribution in [0.3, 0.4) is 0 Å². The van der Waals surface area contributed by atoms with Gasteiger partial charge in [-0.05, 0) is 43.5 Å². The number of rotatable bonds is 5. The molecule has 4 aromatic heterocycles. The zero-order valence-electron chi connectivity index (χ0n) is 24.6. The van der Waals surface area contributed by atoms with Crippen molar-refractivity contribution in [2.24, 2.45) is 0 Å². The van der Waals surface area contributed by atoms with E-state index in [-0.39, 0.29) is 23.9 Å². The largest absolute Gasteiger partial charge is 0.352 e. The fraction of sp³-hybridized carbons (Fsp3) is 0.303. The van der Waals surface area contributed by atoms with E-state index in [0.29, 0.717) is 59.8 Å². The Balaban J connectivity index is 1.05. The van der Waals surface area contributed by atoms with Crippen LogP contribution in [-0.4, -0.2) is 71.1 Å². The number of amides is 1. The predicted octanol–water partition coefficient (Wildman–Crippen LogP) is 4.59. The van der Waals surface area contributed by atoms with Crippen molar-refractivity contribution >= 4 is 23.0 Å². The Bertz CT molecular complexity index is 2020. The average Bonchev–Trinajstić information content (AvgIpc) is 3.73. The van der Waals surface area contributed by atoms with E-state index in [1.165, 1.54) is 12.3 Å². The number of hydrogen-bond acceptors (Lipinski definition) is 8. The molecule has 9 rings (SSSR count). The maximum atomic E-state index is 14.3. The molecule has 5 aromatic rings. The molecule has 2 atom stereocenters. The number of Topliss-reactive ketones (excluding diaryl/α,β-unsaturated/α-hetero) is 1. The fourth-order valence-corrected chi connectivity index (χ4v) is 6.97. The molecule has 1 amide bonds. The Labute approximate surface area is 261 Å². The molecule has 2 unspecified atom stereocenters. The molecular weight excluding hydrogens is 592 g/mol. The number of fused-ring (bicyclic) bond motifs is 3. The van der Waals surface area contributed by atoms with Gasteiger partial charge in [0.05, 0.1) is 48.1 Å². The lowest BCUT2D eigenvalue weighted by molar-refractivity contribution is -0.120. The van der Waals surface area contributed by atoms with Crippen molar-refractivity contribution in [1.82, 2.24) is 34.3 Å². The second-order valence-electron chi connectivity index (χ2n) is 12.1. The Morgan fingerprint density at radius 3 is 2.37 bits per heavy atom. The van der Waals surface area contributed by atoms with Gasteiger partial charge in [-0.25, -0.2) is 23.3 Å². The van der Waals surface area contributed by atoms with Crippen LogP contribution in [0.4, 0.5) is 14.6 Å². The number of benzene rings is 1. The lowest BCUT2D eigenvalue weighted by atomic mass is 9.86. The highest BCUT2D eigenvalue weighted by Crippen LogP contribution is 2.37. The number of ketones is 1. The molecule has 3 saturated heterocycles. The Kier molecular flexibility index (Phi) is 6.59. The number of piperazine rings is 1. The number of anilines is 1. The molecule has 230 valence electrons. The number of halogens is 2. The summed E-state index contributed by atoms with van der Waals surface area (Å²) in [6.07, 6.45) is 12.1. The van der Waals surface area contributed by atoms with Crippen molar-refractivity contribution in [2.45, 2.75) is 50.2 Å². The van der Waals surface area contributed by atoms with Crippen LogP contribution < -0.4 is 4.90 Å². The molecule has 1 aliphatic carbocycles. The second kappa shape index (κ2) is 10.8. The Morgan fingerprint density at radius 2 is 1.67 bits per heavy atom. The van der Waals surface area contributed by atoms with Gasteiger partial charge in [-0.15, -0.1) is 0 Å². The summed E-state index contributed by atoms with van der Waals surface area (Å²) in [5.41, 5.74) is 3.10. The van der Waals surface area contributed by atoms with Crippen LogP contribution in [0.25, 0.3) is 28.0 Å². The molecule has 7 heterocycles. The van der Waals surface area contributed by atoms with E-state index in [2.05, 4.69) is 21.2 Å². The van der Waals surface area contributed by atoms with E-state index in [0.717, 1.165) is 37.0 Å². The summed E-state index contributed by atoms with van der Waals surface area (Å²) in [7, 11) is 0. The SMILES string of the molecule is N#Cc1cnn2cc(-c3cnn(C4CCC(=O)CC4)c3)nc(-c3ccc(N4CC5CC(C4)N5C(=O)c4c(F)cccc4F)nc3)c12. The number of aromatic nitrogens is 6. The first-order chi connectivity index (χ1) is 22.4. The van der Waals surface area contributed by atoms with Crippen molar-refractivity contribution in [1.29, 1.82) is 5.26 Å². The molecule has 2 bridgehead atoms. The minimum absolute atomic E-state index is 0.160. The molecule has 4 fully saturated rings. The molecule has 11 nitrogen and oxygen atoms in total. The number of nitriles is 1. The van der Waals surface area contributed by atoms with Crippen molar-refractivity contribution in [3.8, 4) is 28.6 Å². The van der Waals surface area contributed by atoms with Gasteiger partial charge in [-0.2, -0.15) is 15.5 Å². The average molecular weight is 620 g/mol. The zero-order chi connectivity index (χ0) is 31.5. The number of hydrogen-bond donors (Lipinski definition) is 0. The molecule has 0 N–H and O–H groups in total. The van der Waals surface area contributed by atoms with Gasteiger partial charge in [0.15, 0.2) is 0 Å². The number of carbonyl (C=O) groups excluding carboxylic acids is 2. The topological polar surface area (TPSA) is 125 Å². The van der Waals surface area contributed by atoms with E-state index >= 15 is 0 Å². The summed E-state index contributed by atoms with van der Waals surface area (Å²) in [4.78, 5) is 38.1. The van der Waals surface area contributed by atoms with Gasteiger partial charge in [0, 0.05) is 49.5 Å². The number of pyridine rings is 1. The van der Waals surface area contributed by atoms with Gasteiger partial charge in [0.2, 0.25) is 0 Å². The van der Waals surface area contributed by atoms with Crippen molar-refractivity contribution in [3.63, 3.8) is 0 Å². The van der Waals surface area contributed by atoms with E-state index in [1.54, 1.807) is 28.0 Å². The highest BCUT2D eigenvalue weighted by molar-refractivity contribution is 5.96. The molecule has 46 heavy (non-hydrogen) atoms. The Hall–Kier alpha value is -5.51. The van der Waals surface area contributed by atoms with Gasteiger partial charge < -0.3 is 9.80 Å². The molecule has 3 aliphatic heterocycles. The van der Waals surface area contributed by atoms with Crippen LogP contribution in [0.15, 0.2) is 61.3 Å². The standard InChI is InChI=1S/C33H27F2N9O2/c34-26-2-1-3-27(35)30(26)33(46)44-23-10-24(44)17-41(16-23)29-9-4-19(12-37-29)31-32-20(11-36)13-39-43(32)18-28(40-31)21-14-38-42(15-21)22-5-7-25(45)8-6-22/h1-4,9,12-15,18,22-24H,5-8,10,16-17H2. The van der Waals surface area contributed by atoms with Crippen molar-refractivity contribution in [3.05, 3.63) is 84.1 Å². The van der Waals surface area contributed by atoms with Gasteiger partial charge in [0.25, 0.3) is 5.91 Å². The maximum Gasteiger partial charge on any atom is 0.260 e. The predicted molar refractivity (Wildman–Crippen MR) is 162 cm³/mol. The van der Waals surface area contributed by atoms with Crippen LogP contribution >= 0.6 is 0 Å². The van der Waals surface area contributed by atoms with Crippen molar-refractivity contribution in [2.75, 3.05) is 18.0 Å². The molecule has 13 heteroatoms. The molecule has 1 saturated carbocycles. The van der Waals surface area contributed by atoms with Gasteiger partial charge >= 0.3 is 0 Å². The molecule has 1 aromatic carbocycles. The summed E-state index contributed by atoms with van der Waals surface area (Å²) < 4.78 is 32.1. The molecular formula is C33H27F2N9O2. The number of piperidine rings is 1. The number of nitrogens with zero attached hydrogens (tertiary/aromatic N) is 9. The van der Waals surface area contributed by atoms with Gasteiger partial charge in [-0.3, -0.25) is 14.3 Å². The van der Waals surface area contributed by atoms with E-state index in [1.807, 2.05) is 23.0 Å². The monoisotopic (exact) mass is 619 g/mol. The van der Waals surface area contributed by atoms with Gasteiger partial charge in [-0.1, -0.05) is 6.07 Å². The third-order valence-electron chi connectivity index (χ3n) is 9.35. The normalized spacial score (nSPS) is 19.7. The summed E-state index contributed by atoms with van der Waals surface area (Å²) in [6.45, 7) is 0.978. The quantitative estimate of drug-likeness (QED) is 0.280. The lowest BCUT2D eigenvalue weighted by Gasteiger charge is -2.56. The second-order valence-corrected chi connectivity index (χ2v) is 12.1. The van der Waals surface area contributed by atoms with Crippen molar-refractivity contribution < 1.29 is 18.4 Å². The van der Waals surface area contributed by atoms with E-state index in [4.69, 9.17) is 9.97 Å². The van der Waals surface area contributed by atoms with E-state index in [9.17, 15) is 23.6 Å². The van der Waals surface area contributed by atoms with Crippen LogP contribution in [0.2, 0.25) is 0 Å². The summed E-state index contributed by atoms with van der Waals surface area (Å²) in [5, 5.41) is 18.8. The Morgan fingerprint density at radius 1 is 0.913 bits per heavy atom. The highest BCUT2D eigenvalue weighted by Gasteiger charge is 2.48. The highest BCUT2D eigenvalue weighted by atomic mass is 19.1. The summed E-state index contributed by atoms with van der Waals surface area (Å²) in [5.74, 6) is -1.34. The lowest BCUT2D eigenvalue weighted by Crippen LogP contribution is -2.70. The maximum absolute atomic E-state index is 14.3. The minimum Gasteiger partial charge on any atom is -0.352 e. The molecule has 0 spiro atoms. The van der Waals surface area contributed by atoms with E-state index < -0.39 is 23.1 Å². The first-order valence-electron chi connectivity index (χ1n) is 15.2. The number of carbonyl (C=O) groups is 2. The molecule has 4 aliphatic rings.